The zero-order valence-electron chi connectivity index (χ0n) is 10.8. The van der Waals surface area contributed by atoms with Gasteiger partial charge in [0.1, 0.15) is 0 Å². The number of hydrogen-bond acceptors (Lipinski definition) is 3. The van der Waals surface area contributed by atoms with Gasteiger partial charge in [-0.1, -0.05) is 19.1 Å². The van der Waals surface area contributed by atoms with Gasteiger partial charge in [-0.25, -0.2) is 0 Å². The molecule has 96 valence electrons. The van der Waals surface area contributed by atoms with Crippen molar-refractivity contribution in [3.63, 3.8) is 0 Å². The number of hydrogen-bond donors (Lipinski definition) is 1. The van der Waals surface area contributed by atoms with Crippen LogP contribution in [0.4, 0.5) is 0 Å². The molecule has 0 aliphatic heterocycles. The second kappa shape index (κ2) is 6.77. The molecule has 0 aromatic heterocycles. The van der Waals surface area contributed by atoms with Gasteiger partial charge in [0.25, 0.3) is 0 Å². The quantitative estimate of drug-likeness (QED) is 0.837. The van der Waals surface area contributed by atoms with Crippen LogP contribution in [0.15, 0.2) is 24.3 Å². The summed E-state index contributed by atoms with van der Waals surface area (Å²) in [7, 11) is 0. The monoisotopic (exact) mass is 246 g/mol. The fourth-order valence-electron chi connectivity index (χ4n) is 1.95. The lowest BCUT2D eigenvalue weighted by Gasteiger charge is -2.27. The highest BCUT2D eigenvalue weighted by molar-refractivity contribution is 5.69. The summed E-state index contributed by atoms with van der Waals surface area (Å²) in [6.45, 7) is 4.73. The Morgan fingerprint density at radius 2 is 2.28 bits per heavy atom. The molecule has 0 radical (unpaired) electrons. The average molecular weight is 246 g/mol. The molecule has 0 aliphatic carbocycles. The molecule has 0 bridgehead atoms. The third-order valence-corrected chi connectivity index (χ3v) is 2.90. The maximum atomic E-state index is 10.8. The summed E-state index contributed by atoms with van der Waals surface area (Å²) in [6, 6.07) is 9.41. The van der Waals surface area contributed by atoms with Gasteiger partial charge in [0.2, 0.25) is 0 Å². The van der Waals surface area contributed by atoms with Crippen molar-refractivity contribution in [3.05, 3.63) is 35.4 Å². The lowest BCUT2D eigenvalue weighted by molar-refractivity contribution is -0.138. The van der Waals surface area contributed by atoms with Crippen LogP contribution in [0.3, 0.4) is 0 Å². The molecule has 0 saturated carbocycles. The van der Waals surface area contributed by atoms with Gasteiger partial charge in [-0.2, -0.15) is 5.26 Å². The molecule has 4 nitrogen and oxygen atoms in total. The second-order valence-electron chi connectivity index (χ2n) is 4.28. The lowest BCUT2D eigenvalue weighted by Crippen LogP contribution is -2.33. The predicted octanol–water partition coefficient (Wildman–Crippen LogP) is 2.42. The smallest absolute Gasteiger partial charge is 0.317 e. The fraction of sp³-hybridized carbons (Fsp3) is 0.429. The van der Waals surface area contributed by atoms with Gasteiger partial charge in [0, 0.05) is 6.04 Å². The number of carboxylic acid groups (broad SMARTS) is 1. The normalized spacial score (nSPS) is 12.1. The van der Waals surface area contributed by atoms with Gasteiger partial charge in [-0.05, 0) is 37.6 Å². The third-order valence-electron chi connectivity index (χ3n) is 2.90. The first kappa shape index (κ1) is 14.2. The average Bonchev–Trinajstić information content (AvgIpc) is 2.37. The van der Waals surface area contributed by atoms with E-state index < -0.39 is 5.97 Å². The van der Waals surface area contributed by atoms with E-state index in [1.165, 1.54) is 0 Å². The summed E-state index contributed by atoms with van der Waals surface area (Å²) in [5.74, 6) is -0.827. The maximum absolute atomic E-state index is 10.8. The zero-order valence-corrected chi connectivity index (χ0v) is 10.8. The number of carboxylic acids is 1. The molecule has 4 heteroatoms. The molecule has 1 aromatic rings. The molecule has 1 atom stereocenters. The van der Waals surface area contributed by atoms with Gasteiger partial charge >= 0.3 is 5.97 Å². The van der Waals surface area contributed by atoms with Crippen molar-refractivity contribution in [1.29, 1.82) is 5.26 Å². The van der Waals surface area contributed by atoms with Gasteiger partial charge in [0.15, 0.2) is 0 Å². The van der Waals surface area contributed by atoms with E-state index >= 15 is 0 Å². The van der Waals surface area contributed by atoms with Crippen molar-refractivity contribution >= 4 is 5.97 Å². The Hall–Kier alpha value is -1.86. The minimum atomic E-state index is -0.827. The van der Waals surface area contributed by atoms with Crippen LogP contribution in [0.1, 0.15) is 37.4 Å². The van der Waals surface area contributed by atoms with Crippen LogP contribution >= 0.6 is 0 Å². The van der Waals surface area contributed by atoms with Crippen LogP contribution in [0.2, 0.25) is 0 Å². The van der Waals surface area contributed by atoms with Gasteiger partial charge in [0.05, 0.1) is 18.2 Å². The largest absolute Gasteiger partial charge is 0.480 e. The Kier molecular flexibility index (Phi) is 5.34. The molecule has 1 aromatic carbocycles. The molecule has 0 fully saturated rings. The number of carbonyl (C=O) groups is 1. The van der Waals surface area contributed by atoms with Crippen molar-refractivity contribution in [2.24, 2.45) is 0 Å². The van der Waals surface area contributed by atoms with Crippen LogP contribution in [0.25, 0.3) is 0 Å². The van der Waals surface area contributed by atoms with Crippen molar-refractivity contribution in [1.82, 2.24) is 4.90 Å². The van der Waals surface area contributed by atoms with E-state index in [0.717, 1.165) is 18.5 Å². The van der Waals surface area contributed by atoms with Crippen molar-refractivity contribution in [3.8, 4) is 6.07 Å². The summed E-state index contributed by atoms with van der Waals surface area (Å²) in [6.07, 6.45) is 0.898. The van der Waals surface area contributed by atoms with E-state index in [0.29, 0.717) is 5.56 Å². The molecular formula is C14H18N2O2. The standard InChI is InChI=1S/C14H18N2O2/c1-3-7-16(10-14(17)18)11(2)13-6-4-5-12(8-13)9-15/h4-6,8,11H,3,7,10H2,1-2H3,(H,17,18). The van der Waals surface area contributed by atoms with Gasteiger partial charge < -0.3 is 5.11 Å². The van der Waals surface area contributed by atoms with Crippen LogP contribution < -0.4 is 0 Å². The summed E-state index contributed by atoms with van der Waals surface area (Å²) >= 11 is 0. The Morgan fingerprint density at radius 1 is 1.56 bits per heavy atom. The van der Waals surface area contributed by atoms with Crippen molar-refractivity contribution in [2.45, 2.75) is 26.3 Å². The number of aliphatic carboxylic acids is 1. The molecule has 1 rings (SSSR count). The van der Waals surface area contributed by atoms with Gasteiger partial charge in [-0.15, -0.1) is 0 Å². The summed E-state index contributed by atoms with van der Waals surface area (Å²) < 4.78 is 0. The van der Waals surface area contributed by atoms with Crippen LogP contribution in [0, 0.1) is 11.3 Å². The van der Waals surface area contributed by atoms with E-state index in [9.17, 15) is 4.79 Å². The van der Waals surface area contributed by atoms with Gasteiger partial charge in [-0.3, -0.25) is 9.69 Å². The molecule has 0 amide bonds. The van der Waals surface area contributed by atoms with Crippen LogP contribution in [0.5, 0.6) is 0 Å². The van der Waals surface area contributed by atoms with E-state index in [4.69, 9.17) is 10.4 Å². The van der Waals surface area contributed by atoms with Crippen LogP contribution in [-0.4, -0.2) is 29.1 Å². The van der Waals surface area contributed by atoms with E-state index in [1.54, 1.807) is 6.07 Å². The topological polar surface area (TPSA) is 64.3 Å². The zero-order chi connectivity index (χ0) is 13.5. The molecule has 0 heterocycles. The number of benzene rings is 1. The number of nitriles is 1. The lowest BCUT2D eigenvalue weighted by atomic mass is 10.0. The Labute approximate surface area is 107 Å². The first-order chi connectivity index (χ1) is 8.58. The molecule has 1 unspecified atom stereocenters. The Bertz CT molecular complexity index is 451. The molecule has 0 aliphatic rings. The minimum Gasteiger partial charge on any atom is -0.480 e. The van der Waals surface area contributed by atoms with E-state index in [2.05, 4.69) is 6.07 Å². The number of rotatable bonds is 6. The third kappa shape index (κ3) is 3.86. The molecule has 0 spiro atoms. The van der Waals surface area contributed by atoms with E-state index in [1.807, 2.05) is 36.9 Å². The van der Waals surface area contributed by atoms with Crippen LogP contribution in [-0.2, 0) is 4.79 Å². The molecule has 0 saturated heterocycles. The first-order valence-corrected chi connectivity index (χ1v) is 6.04. The molecule has 18 heavy (non-hydrogen) atoms. The van der Waals surface area contributed by atoms with Crippen molar-refractivity contribution in [2.75, 3.05) is 13.1 Å². The number of nitrogens with zero attached hydrogens (tertiary/aromatic N) is 2. The summed E-state index contributed by atoms with van der Waals surface area (Å²) in [4.78, 5) is 12.8. The summed E-state index contributed by atoms with van der Waals surface area (Å²) in [5, 5.41) is 17.8. The highest BCUT2D eigenvalue weighted by atomic mass is 16.4. The second-order valence-corrected chi connectivity index (χ2v) is 4.28. The molecular weight excluding hydrogens is 228 g/mol. The van der Waals surface area contributed by atoms with E-state index in [-0.39, 0.29) is 12.6 Å². The van der Waals surface area contributed by atoms with Crippen molar-refractivity contribution < 1.29 is 9.90 Å². The minimum absolute atomic E-state index is 0.00523. The summed E-state index contributed by atoms with van der Waals surface area (Å²) in [5.41, 5.74) is 1.58. The maximum Gasteiger partial charge on any atom is 0.317 e. The Balaban J connectivity index is 2.90. The first-order valence-electron chi connectivity index (χ1n) is 6.04. The highest BCUT2D eigenvalue weighted by Crippen LogP contribution is 2.21. The predicted molar refractivity (Wildman–Crippen MR) is 69.1 cm³/mol. The Morgan fingerprint density at radius 3 is 2.83 bits per heavy atom. The highest BCUT2D eigenvalue weighted by Gasteiger charge is 2.17. The molecule has 1 N–H and O–H groups in total. The fourth-order valence-corrected chi connectivity index (χ4v) is 1.95. The SMILES string of the molecule is CCCN(CC(=O)O)C(C)c1cccc(C#N)c1.